The second-order valence-corrected chi connectivity index (χ2v) is 7.36. The Morgan fingerprint density at radius 3 is 2.56 bits per heavy atom. The summed E-state index contributed by atoms with van der Waals surface area (Å²) in [5, 5.41) is 5.27. The second kappa shape index (κ2) is 10.9. The number of hydrogen-bond acceptors (Lipinski definition) is 4. The molecule has 6 nitrogen and oxygen atoms in total. The predicted molar refractivity (Wildman–Crippen MR) is 117 cm³/mol. The molecule has 2 amide bonds. The Morgan fingerprint density at radius 2 is 1.91 bits per heavy atom. The number of likely N-dealkylation sites (N-methyl/N-ethyl adjacent to an activating group) is 1. The van der Waals surface area contributed by atoms with Crippen LogP contribution in [0.2, 0.25) is 0 Å². The van der Waals surface area contributed by atoms with Crippen molar-refractivity contribution in [2.75, 3.05) is 44.2 Å². The van der Waals surface area contributed by atoms with Gasteiger partial charge in [0, 0.05) is 44.5 Å². The van der Waals surface area contributed by atoms with E-state index in [4.69, 9.17) is 0 Å². The maximum Gasteiger partial charge on any atom is 0.416 e. The SMILES string of the molecule is CCN1CCN(c2ccc(CNC(=O)NCC#Cc3cccc(C(F)(F)F)c3)cn2)CC1. The van der Waals surface area contributed by atoms with Crippen molar-refractivity contribution in [3.63, 3.8) is 0 Å². The highest BCUT2D eigenvalue weighted by Gasteiger charge is 2.30. The number of pyridine rings is 1. The van der Waals surface area contributed by atoms with E-state index < -0.39 is 17.8 Å². The highest BCUT2D eigenvalue weighted by Crippen LogP contribution is 2.29. The molecule has 170 valence electrons. The van der Waals surface area contributed by atoms with E-state index in [0.29, 0.717) is 6.54 Å². The number of benzene rings is 1. The Balaban J connectivity index is 1.41. The van der Waals surface area contributed by atoms with Crippen LogP contribution in [0.5, 0.6) is 0 Å². The minimum atomic E-state index is -4.41. The minimum Gasteiger partial charge on any atom is -0.354 e. The number of carbonyl (C=O) groups excluding carboxylic acids is 1. The number of aromatic nitrogens is 1. The summed E-state index contributed by atoms with van der Waals surface area (Å²) in [4.78, 5) is 21.1. The van der Waals surface area contributed by atoms with Gasteiger partial charge in [-0.3, -0.25) is 0 Å². The standard InChI is InChI=1S/C23H26F3N5O/c1-2-30-11-13-31(14-12-30)21-9-8-19(16-28-21)17-29-22(32)27-10-4-6-18-5-3-7-20(15-18)23(24,25)26/h3,5,7-9,15-16H,2,10-14,17H2,1H3,(H2,27,29,32). The van der Waals surface area contributed by atoms with E-state index in [1.807, 2.05) is 12.1 Å². The van der Waals surface area contributed by atoms with Crippen LogP contribution >= 0.6 is 0 Å². The molecule has 2 aromatic rings. The van der Waals surface area contributed by atoms with Gasteiger partial charge in [0.25, 0.3) is 0 Å². The molecule has 0 radical (unpaired) electrons. The fourth-order valence-electron chi connectivity index (χ4n) is 3.29. The van der Waals surface area contributed by atoms with Crippen LogP contribution < -0.4 is 15.5 Å². The Labute approximate surface area is 185 Å². The number of carbonyl (C=O) groups is 1. The monoisotopic (exact) mass is 445 g/mol. The zero-order valence-electron chi connectivity index (χ0n) is 17.9. The molecule has 0 saturated carbocycles. The third kappa shape index (κ3) is 6.89. The predicted octanol–water partition coefficient (Wildman–Crippen LogP) is 3.09. The summed E-state index contributed by atoms with van der Waals surface area (Å²) >= 11 is 0. The lowest BCUT2D eigenvalue weighted by Crippen LogP contribution is -2.46. The van der Waals surface area contributed by atoms with Gasteiger partial charge in [-0.2, -0.15) is 13.2 Å². The van der Waals surface area contributed by atoms with Crippen LogP contribution in [0, 0.1) is 11.8 Å². The van der Waals surface area contributed by atoms with E-state index in [2.05, 4.69) is 44.2 Å². The summed E-state index contributed by atoms with van der Waals surface area (Å²) in [6, 6.07) is 8.24. The van der Waals surface area contributed by atoms with Gasteiger partial charge in [0.15, 0.2) is 0 Å². The zero-order valence-corrected chi connectivity index (χ0v) is 17.9. The first-order valence-corrected chi connectivity index (χ1v) is 10.4. The number of nitrogens with zero attached hydrogens (tertiary/aromatic N) is 3. The maximum absolute atomic E-state index is 12.7. The number of alkyl halides is 3. The van der Waals surface area contributed by atoms with Gasteiger partial charge in [-0.25, -0.2) is 9.78 Å². The van der Waals surface area contributed by atoms with Gasteiger partial charge in [0.1, 0.15) is 5.82 Å². The van der Waals surface area contributed by atoms with Gasteiger partial charge in [-0.15, -0.1) is 0 Å². The minimum absolute atomic E-state index is 0.0169. The zero-order chi connectivity index (χ0) is 23.0. The molecule has 0 unspecified atom stereocenters. The Morgan fingerprint density at radius 1 is 1.12 bits per heavy atom. The number of amides is 2. The molecule has 0 spiro atoms. The van der Waals surface area contributed by atoms with Crippen LogP contribution in [0.25, 0.3) is 0 Å². The molecule has 1 saturated heterocycles. The van der Waals surface area contributed by atoms with E-state index in [1.54, 1.807) is 6.20 Å². The van der Waals surface area contributed by atoms with Crippen LogP contribution in [0.4, 0.5) is 23.8 Å². The third-order valence-corrected chi connectivity index (χ3v) is 5.17. The van der Waals surface area contributed by atoms with Crippen LogP contribution in [0.1, 0.15) is 23.6 Å². The molecule has 1 aromatic carbocycles. The van der Waals surface area contributed by atoms with Crippen LogP contribution in [-0.2, 0) is 12.7 Å². The third-order valence-electron chi connectivity index (χ3n) is 5.17. The van der Waals surface area contributed by atoms with E-state index in [-0.39, 0.29) is 12.1 Å². The van der Waals surface area contributed by atoms with Crippen LogP contribution in [-0.4, -0.2) is 55.2 Å². The van der Waals surface area contributed by atoms with Gasteiger partial charge < -0.3 is 20.4 Å². The summed E-state index contributed by atoms with van der Waals surface area (Å²) in [5.74, 6) is 6.20. The number of rotatable bonds is 5. The number of halogens is 3. The maximum atomic E-state index is 12.7. The molecule has 1 fully saturated rings. The fourth-order valence-corrected chi connectivity index (χ4v) is 3.29. The van der Waals surface area contributed by atoms with Gasteiger partial charge in [0.2, 0.25) is 0 Å². The van der Waals surface area contributed by atoms with E-state index in [1.165, 1.54) is 12.1 Å². The Hall–Kier alpha value is -3.25. The quantitative estimate of drug-likeness (QED) is 0.695. The van der Waals surface area contributed by atoms with Gasteiger partial charge in [0.05, 0.1) is 12.1 Å². The van der Waals surface area contributed by atoms with Gasteiger partial charge in [-0.1, -0.05) is 30.9 Å². The molecule has 32 heavy (non-hydrogen) atoms. The normalized spacial score (nSPS) is 14.4. The van der Waals surface area contributed by atoms with E-state index in [0.717, 1.165) is 56.2 Å². The lowest BCUT2D eigenvalue weighted by atomic mass is 10.1. The highest BCUT2D eigenvalue weighted by molar-refractivity contribution is 5.74. The topological polar surface area (TPSA) is 60.5 Å². The average Bonchev–Trinajstić information content (AvgIpc) is 2.80. The smallest absolute Gasteiger partial charge is 0.354 e. The molecule has 0 atom stereocenters. The number of nitrogens with one attached hydrogen (secondary N) is 2. The summed E-state index contributed by atoms with van der Waals surface area (Å²) in [6.07, 6.45) is -2.66. The largest absolute Gasteiger partial charge is 0.416 e. The first-order valence-electron chi connectivity index (χ1n) is 10.4. The van der Waals surface area contributed by atoms with Crippen LogP contribution in [0.3, 0.4) is 0 Å². The van der Waals surface area contributed by atoms with Gasteiger partial charge >= 0.3 is 12.2 Å². The average molecular weight is 445 g/mol. The van der Waals surface area contributed by atoms with Crippen molar-refractivity contribution in [2.45, 2.75) is 19.6 Å². The number of urea groups is 1. The molecule has 1 aromatic heterocycles. The number of anilines is 1. The van der Waals surface area contributed by atoms with E-state index in [9.17, 15) is 18.0 Å². The summed E-state index contributed by atoms with van der Waals surface area (Å²) in [5.41, 5.74) is 0.355. The molecule has 2 heterocycles. The molecule has 9 heteroatoms. The molecular formula is C23H26F3N5O. The molecule has 0 aliphatic carbocycles. The molecule has 2 N–H and O–H groups in total. The molecule has 0 bridgehead atoms. The van der Waals surface area contributed by atoms with Crippen molar-refractivity contribution < 1.29 is 18.0 Å². The Bertz CT molecular complexity index is 958. The lowest BCUT2D eigenvalue weighted by molar-refractivity contribution is -0.137. The molecule has 1 aliphatic heterocycles. The van der Waals surface area contributed by atoms with Crippen molar-refractivity contribution >= 4 is 11.8 Å². The van der Waals surface area contributed by atoms with Crippen molar-refractivity contribution in [2.24, 2.45) is 0 Å². The molecular weight excluding hydrogens is 419 g/mol. The van der Waals surface area contributed by atoms with Crippen molar-refractivity contribution in [1.29, 1.82) is 0 Å². The first-order chi connectivity index (χ1) is 15.3. The summed E-state index contributed by atoms with van der Waals surface area (Å²) in [6.45, 7) is 7.49. The lowest BCUT2D eigenvalue weighted by Gasteiger charge is -2.34. The first kappa shape index (κ1) is 23.4. The Kier molecular flexibility index (Phi) is 7.95. The van der Waals surface area contributed by atoms with Gasteiger partial charge in [-0.05, 0) is 36.4 Å². The summed E-state index contributed by atoms with van der Waals surface area (Å²) in [7, 11) is 0. The fraction of sp³-hybridized carbons (Fsp3) is 0.391. The van der Waals surface area contributed by atoms with Crippen molar-refractivity contribution in [1.82, 2.24) is 20.5 Å². The highest BCUT2D eigenvalue weighted by atomic mass is 19.4. The number of hydrogen-bond donors (Lipinski definition) is 2. The van der Waals surface area contributed by atoms with E-state index >= 15 is 0 Å². The van der Waals surface area contributed by atoms with Crippen LogP contribution in [0.15, 0.2) is 42.6 Å². The summed E-state index contributed by atoms with van der Waals surface area (Å²) < 4.78 is 38.1. The molecule has 1 aliphatic rings. The van der Waals surface area contributed by atoms with Crippen molar-refractivity contribution in [3.05, 3.63) is 59.3 Å². The number of piperazine rings is 1. The second-order valence-electron chi connectivity index (χ2n) is 7.36. The molecule has 3 rings (SSSR count). The van der Waals surface area contributed by atoms with Crippen molar-refractivity contribution in [3.8, 4) is 11.8 Å².